The molecule has 1 atom stereocenters. The lowest BCUT2D eigenvalue weighted by Gasteiger charge is -2.28. The summed E-state index contributed by atoms with van der Waals surface area (Å²) in [4.78, 5) is 26.1. The molecule has 6 heteroatoms. The number of anilines is 1. The number of hydrogen-bond donors (Lipinski definition) is 1. The summed E-state index contributed by atoms with van der Waals surface area (Å²) in [7, 11) is 0. The number of nitrogens with zero attached hydrogens (tertiary/aromatic N) is 1. The third-order valence-electron chi connectivity index (χ3n) is 5.70. The molecule has 1 aliphatic rings. The van der Waals surface area contributed by atoms with E-state index in [1.54, 1.807) is 12.1 Å². The maximum atomic E-state index is 13.1. The molecule has 0 heterocycles. The number of carbonyl (C=O) groups is 2. The number of carboxylic acids is 1. The minimum Gasteiger partial charge on any atom is -0.480 e. The highest BCUT2D eigenvalue weighted by Crippen LogP contribution is 2.44. The molecular weight excluding hydrogens is 458 g/mol. The van der Waals surface area contributed by atoms with Crippen molar-refractivity contribution in [2.75, 3.05) is 11.5 Å². The van der Waals surface area contributed by atoms with Gasteiger partial charge in [0, 0.05) is 10.4 Å². The van der Waals surface area contributed by atoms with E-state index in [4.69, 9.17) is 4.74 Å². The number of ether oxygens (including phenoxy) is 1. The van der Waals surface area contributed by atoms with Crippen molar-refractivity contribution in [2.45, 2.75) is 25.8 Å². The van der Waals surface area contributed by atoms with E-state index in [0.29, 0.717) is 5.69 Å². The average Bonchev–Trinajstić information content (AvgIpc) is 3.07. The van der Waals surface area contributed by atoms with E-state index >= 15 is 0 Å². The Kier molecular flexibility index (Phi) is 5.83. The number of carboxylic acid groups (broad SMARTS) is 1. The maximum Gasteiger partial charge on any atom is 0.415 e. The molecule has 0 saturated carbocycles. The number of amides is 1. The lowest BCUT2D eigenvalue weighted by molar-refractivity contribution is -0.138. The van der Waals surface area contributed by atoms with Crippen LogP contribution in [0.25, 0.3) is 11.1 Å². The van der Waals surface area contributed by atoms with Crippen molar-refractivity contribution < 1.29 is 19.4 Å². The highest BCUT2D eigenvalue weighted by molar-refractivity contribution is 9.10. The van der Waals surface area contributed by atoms with Gasteiger partial charge in [0.2, 0.25) is 0 Å². The molecule has 0 bridgehead atoms. The largest absolute Gasteiger partial charge is 0.480 e. The first-order chi connectivity index (χ1) is 14.9. The smallest absolute Gasteiger partial charge is 0.415 e. The zero-order valence-corrected chi connectivity index (χ0v) is 18.8. The highest BCUT2D eigenvalue weighted by Gasteiger charge is 2.33. The van der Waals surface area contributed by atoms with Crippen molar-refractivity contribution in [3.05, 3.63) is 87.9 Å². The quantitative estimate of drug-likeness (QED) is 0.488. The molecule has 1 unspecified atom stereocenters. The summed E-state index contributed by atoms with van der Waals surface area (Å²) >= 11 is 3.40. The van der Waals surface area contributed by atoms with Gasteiger partial charge >= 0.3 is 12.1 Å². The molecule has 1 aliphatic carbocycles. The summed E-state index contributed by atoms with van der Waals surface area (Å²) in [6.07, 6.45) is -0.679. The van der Waals surface area contributed by atoms with Crippen LogP contribution in [0.15, 0.2) is 71.2 Å². The number of aliphatic carboxylic acids is 1. The van der Waals surface area contributed by atoms with Gasteiger partial charge in [0.05, 0.1) is 5.69 Å². The van der Waals surface area contributed by atoms with E-state index in [0.717, 1.165) is 32.3 Å². The molecule has 3 aromatic rings. The molecule has 3 aromatic carbocycles. The van der Waals surface area contributed by atoms with E-state index < -0.39 is 18.1 Å². The van der Waals surface area contributed by atoms with Gasteiger partial charge in [-0.25, -0.2) is 9.59 Å². The Labute approximate surface area is 189 Å². The fourth-order valence-electron chi connectivity index (χ4n) is 4.13. The predicted octanol–water partition coefficient (Wildman–Crippen LogP) is 5.99. The molecule has 0 spiro atoms. The number of benzene rings is 3. The topological polar surface area (TPSA) is 66.8 Å². The van der Waals surface area contributed by atoms with Crippen molar-refractivity contribution >= 4 is 33.7 Å². The Hall–Kier alpha value is -3.12. The summed E-state index contributed by atoms with van der Waals surface area (Å²) in [6.45, 7) is 3.44. The molecule has 4 rings (SSSR count). The van der Waals surface area contributed by atoms with Crippen molar-refractivity contribution in [3.63, 3.8) is 0 Å². The molecule has 1 N–H and O–H groups in total. The second-order valence-corrected chi connectivity index (χ2v) is 8.53. The zero-order valence-electron chi connectivity index (χ0n) is 17.2. The summed E-state index contributed by atoms with van der Waals surface area (Å²) in [6, 6.07) is 20.4. The molecule has 0 aromatic heterocycles. The molecule has 1 amide bonds. The Morgan fingerprint density at radius 3 is 2.16 bits per heavy atom. The number of carbonyl (C=O) groups excluding carboxylic acids is 1. The van der Waals surface area contributed by atoms with Crippen LogP contribution in [-0.2, 0) is 9.53 Å². The van der Waals surface area contributed by atoms with Gasteiger partial charge in [0.15, 0.2) is 0 Å². The van der Waals surface area contributed by atoms with Crippen LogP contribution in [0.4, 0.5) is 10.5 Å². The van der Waals surface area contributed by atoms with Crippen LogP contribution in [0.2, 0.25) is 0 Å². The molecule has 158 valence electrons. The molecule has 31 heavy (non-hydrogen) atoms. The van der Waals surface area contributed by atoms with E-state index in [1.165, 1.54) is 11.8 Å². The SMILES string of the molecule is Cc1cc(Br)ccc1N(C(=O)OCC1c2ccccc2-c2ccccc21)C(C)C(=O)O. The first-order valence-electron chi connectivity index (χ1n) is 10.0. The highest BCUT2D eigenvalue weighted by atomic mass is 79.9. The van der Waals surface area contributed by atoms with Gasteiger partial charge in [-0.05, 0) is 59.9 Å². The van der Waals surface area contributed by atoms with Gasteiger partial charge in [-0.1, -0.05) is 64.5 Å². The fourth-order valence-corrected chi connectivity index (χ4v) is 4.60. The van der Waals surface area contributed by atoms with Crippen molar-refractivity contribution in [1.82, 2.24) is 0 Å². The van der Waals surface area contributed by atoms with Crippen LogP contribution in [-0.4, -0.2) is 29.8 Å². The Morgan fingerprint density at radius 1 is 1.03 bits per heavy atom. The molecule has 0 saturated heterocycles. The normalized spacial score (nSPS) is 13.3. The predicted molar refractivity (Wildman–Crippen MR) is 124 cm³/mol. The third-order valence-corrected chi connectivity index (χ3v) is 6.19. The number of hydrogen-bond acceptors (Lipinski definition) is 3. The minimum absolute atomic E-state index is 0.0932. The van der Waals surface area contributed by atoms with E-state index in [2.05, 4.69) is 28.1 Å². The number of fused-ring (bicyclic) bond motifs is 3. The molecular formula is C25H22BrNO4. The van der Waals surface area contributed by atoms with E-state index in [9.17, 15) is 14.7 Å². The first kappa shape index (κ1) is 21.1. The van der Waals surface area contributed by atoms with E-state index in [1.807, 2.05) is 49.4 Å². The lowest BCUT2D eigenvalue weighted by Crippen LogP contribution is -2.44. The van der Waals surface area contributed by atoms with Gasteiger partial charge in [-0.2, -0.15) is 0 Å². The Bertz CT molecular complexity index is 1110. The third kappa shape index (κ3) is 3.95. The van der Waals surface area contributed by atoms with Crippen molar-refractivity contribution in [3.8, 4) is 11.1 Å². The molecule has 0 aliphatic heterocycles. The Morgan fingerprint density at radius 2 is 1.61 bits per heavy atom. The first-order valence-corrected chi connectivity index (χ1v) is 10.8. The second kappa shape index (κ2) is 8.55. The molecule has 0 radical (unpaired) electrons. The van der Waals surface area contributed by atoms with Gasteiger partial charge < -0.3 is 9.84 Å². The Balaban J connectivity index is 1.62. The van der Waals surface area contributed by atoms with Crippen molar-refractivity contribution in [2.24, 2.45) is 0 Å². The molecule has 0 fully saturated rings. The van der Waals surface area contributed by atoms with Gasteiger partial charge in [-0.3, -0.25) is 4.90 Å². The van der Waals surface area contributed by atoms with Crippen LogP contribution < -0.4 is 4.90 Å². The summed E-state index contributed by atoms with van der Waals surface area (Å²) < 4.78 is 6.58. The van der Waals surface area contributed by atoms with E-state index in [-0.39, 0.29) is 12.5 Å². The summed E-state index contributed by atoms with van der Waals surface area (Å²) in [5.74, 6) is -1.19. The van der Waals surface area contributed by atoms with Gasteiger partial charge in [-0.15, -0.1) is 0 Å². The summed E-state index contributed by atoms with van der Waals surface area (Å²) in [5.41, 5.74) is 5.77. The van der Waals surface area contributed by atoms with Gasteiger partial charge in [0.25, 0.3) is 0 Å². The number of halogens is 1. The monoisotopic (exact) mass is 479 g/mol. The zero-order chi connectivity index (χ0) is 22.1. The lowest BCUT2D eigenvalue weighted by atomic mass is 9.98. The fraction of sp³-hybridized carbons (Fsp3) is 0.200. The number of rotatable bonds is 5. The summed E-state index contributed by atoms with van der Waals surface area (Å²) in [5, 5.41) is 9.59. The molecule has 5 nitrogen and oxygen atoms in total. The number of aryl methyl sites for hydroxylation is 1. The standard InChI is InChI=1S/C25H22BrNO4/c1-15-13-17(26)11-12-23(15)27(16(2)24(28)29)25(30)31-14-22-20-9-5-3-7-18(20)19-8-4-6-10-21(19)22/h3-13,16,22H,14H2,1-2H3,(H,28,29). The average molecular weight is 480 g/mol. The van der Waals surface area contributed by atoms with Crippen LogP contribution in [0.1, 0.15) is 29.5 Å². The van der Waals surface area contributed by atoms with Crippen molar-refractivity contribution in [1.29, 1.82) is 0 Å². The maximum absolute atomic E-state index is 13.1. The van der Waals surface area contributed by atoms with Gasteiger partial charge in [0.1, 0.15) is 12.6 Å². The minimum atomic E-state index is -1.10. The second-order valence-electron chi connectivity index (χ2n) is 7.62. The van der Waals surface area contributed by atoms with Crippen LogP contribution in [0, 0.1) is 6.92 Å². The van der Waals surface area contributed by atoms with Crippen LogP contribution >= 0.6 is 15.9 Å². The van der Waals surface area contributed by atoms with Crippen LogP contribution in [0.3, 0.4) is 0 Å². The van der Waals surface area contributed by atoms with Crippen LogP contribution in [0.5, 0.6) is 0 Å².